The second-order valence-corrected chi connectivity index (χ2v) is 17.1. The van der Waals surface area contributed by atoms with Crippen molar-refractivity contribution in [2.45, 2.75) is 0 Å². The van der Waals surface area contributed by atoms with Crippen molar-refractivity contribution in [3.63, 3.8) is 0 Å². The molecule has 0 unspecified atom stereocenters. The molecule has 0 saturated heterocycles. The Balaban J connectivity index is 1.20. The van der Waals surface area contributed by atoms with Crippen LogP contribution in [0.3, 0.4) is 0 Å². The number of hydrogen-bond acceptors (Lipinski definition) is 4. The second-order valence-electron chi connectivity index (χ2n) is 12.6. The number of hydrogen-bond donors (Lipinski definition) is 0. The number of benzene rings is 5. The van der Waals surface area contributed by atoms with Gasteiger partial charge in [-0.25, -0.2) is 0 Å². The molecule has 0 atom stereocenters. The molecule has 0 saturated carbocycles. The van der Waals surface area contributed by atoms with Crippen molar-refractivity contribution in [3.05, 3.63) is 146 Å². The molecular formula is C40H24B2N4Se2. The zero-order chi connectivity index (χ0) is 31.3. The maximum atomic E-state index is 5.14. The Morgan fingerprint density at radius 1 is 0.417 bits per heavy atom. The number of pyridine rings is 2. The van der Waals surface area contributed by atoms with E-state index in [1.54, 1.807) is 0 Å². The topological polar surface area (TPSA) is 32.3 Å². The molecule has 0 spiro atoms. The van der Waals surface area contributed by atoms with E-state index in [0.29, 0.717) is 0 Å². The van der Waals surface area contributed by atoms with Gasteiger partial charge in [-0.1, -0.05) is 0 Å². The molecule has 0 N–H and O–H groups in total. The molecular weight excluding hydrogens is 716 g/mol. The fourth-order valence-electron chi connectivity index (χ4n) is 8.16. The normalized spacial score (nSPS) is 14.3. The van der Waals surface area contributed by atoms with Gasteiger partial charge in [-0.2, -0.15) is 0 Å². The van der Waals surface area contributed by atoms with Crippen LogP contribution in [0.4, 0.5) is 34.4 Å². The summed E-state index contributed by atoms with van der Waals surface area (Å²) >= 11 is 0.327. The van der Waals surface area contributed by atoms with Gasteiger partial charge >= 0.3 is 294 Å². The van der Waals surface area contributed by atoms with Crippen molar-refractivity contribution in [3.8, 4) is 0 Å². The molecule has 4 aliphatic heterocycles. The first-order chi connectivity index (χ1) is 23.8. The van der Waals surface area contributed by atoms with E-state index >= 15 is 0 Å². The molecule has 0 fully saturated rings. The fraction of sp³-hybridized carbons (Fsp3) is 0. The molecule has 0 amide bonds. The summed E-state index contributed by atoms with van der Waals surface area (Å²) in [7, 11) is 0. The third-order valence-electron chi connectivity index (χ3n) is 10.1. The Kier molecular flexibility index (Phi) is 5.85. The first kappa shape index (κ1) is 27.2. The average molecular weight is 740 g/mol. The molecule has 48 heavy (non-hydrogen) atoms. The molecule has 5 aromatic carbocycles. The third kappa shape index (κ3) is 3.75. The van der Waals surface area contributed by atoms with Crippen molar-refractivity contribution in [2.75, 3.05) is 9.80 Å². The van der Waals surface area contributed by atoms with Gasteiger partial charge in [0.05, 0.1) is 0 Å². The van der Waals surface area contributed by atoms with Crippen LogP contribution >= 0.6 is 0 Å². The van der Waals surface area contributed by atoms with Crippen LogP contribution in [0.1, 0.15) is 0 Å². The summed E-state index contributed by atoms with van der Waals surface area (Å²) in [6, 6.07) is 49.2. The average Bonchev–Trinajstić information content (AvgIpc) is 3.14. The number of nitrogens with zero attached hydrogens (tertiary/aromatic N) is 4. The Labute approximate surface area is 292 Å². The minimum absolute atomic E-state index is 0.105. The van der Waals surface area contributed by atoms with E-state index in [2.05, 4.69) is 143 Å². The summed E-state index contributed by atoms with van der Waals surface area (Å²) < 4.78 is 5.75. The summed E-state index contributed by atoms with van der Waals surface area (Å²) in [5, 5.41) is 0. The molecule has 0 radical (unpaired) electrons. The van der Waals surface area contributed by atoms with Gasteiger partial charge in [0.25, 0.3) is 0 Å². The molecule has 4 aliphatic rings. The second kappa shape index (κ2) is 10.3. The molecule has 222 valence electrons. The van der Waals surface area contributed by atoms with Crippen molar-refractivity contribution >= 4 is 128 Å². The summed E-state index contributed by atoms with van der Waals surface area (Å²) in [5.74, 6) is 2.13. The number of fused-ring (bicyclic) bond motifs is 8. The van der Waals surface area contributed by atoms with Crippen molar-refractivity contribution in [1.82, 2.24) is 9.97 Å². The van der Waals surface area contributed by atoms with Gasteiger partial charge in [0.2, 0.25) is 0 Å². The van der Waals surface area contributed by atoms with E-state index in [0.717, 1.165) is 23.0 Å². The quantitative estimate of drug-likeness (QED) is 0.248. The van der Waals surface area contributed by atoms with Gasteiger partial charge in [0.1, 0.15) is 0 Å². The minimum atomic E-state index is 0.105. The number of para-hydroxylation sites is 3. The predicted molar refractivity (Wildman–Crippen MR) is 204 cm³/mol. The van der Waals surface area contributed by atoms with E-state index in [-0.39, 0.29) is 43.3 Å². The van der Waals surface area contributed by atoms with Crippen molar-refractivity contribution in [1.29, 1.82) is 0 Å². The monoisotopic (exact) mass is 742 g/mol. The van der Waals surface area contributed by atoms with Gasteiger partial charge in [-0.15, -0.1) is 0 Å². The third-order valence-corrected chi connectivity index (χ3v) is 14.9. The van der Waals surface area contributed by atoms with E-state index in [1.807, 2.05) is 12.4 Å². The zero-order valence-electron chi connectivity index (χ0n) is 25.6. The summed E-state index contributed by atoms with van der Waals surface area (Å²) in [4.78, 5) is 15.1. The standard InChI is InChI=1S/C40H24B2N4Se2/c1-3-11-25(12-4-1)45-31-17-9-7-15-27(31)41-30-23-29-32(24-36(30)48-35-20-22-43-39(45)37(35)41)46(26-13-5-2-6-14-26)40-38-34(19-21-44-40)47-33-18-10-8-16-28(33)42(29)38/h1-24H. The molecule has 0 aliphatic carbocycles. The van der Waals surface area contributed by atoms with Crippen LogP contribution in [-0.4, -0.2) is 53.3 Å². The molecule has 2 aromatic heterocycles. The van der Waals surface area contributed by atoms with Crippen LogP contribution < -0.4 is 60.4 Å². The van der Waals surface area contributed by atoms with Gasteiger partial charge in [-0.05, 0) is 0 Å². The molecule has 4 nitrogen and oxygen atoms in total. The van der Waals surface area contributed by atoms with Crippen molar-refractivity contribution in [2.24, 2.45) is 0 Å². The van der Waals surface area contributed by atoms with Gasteiger partial charge in [-0.3, -0.25) is 0 Å². The van der Waals surface area contributed by atoms with E-state index in [9.17, 15) is 0 Å². The van der Waals surface area contributed by atoms with Crippen LogP contribution in [-0.2, 0) is 0 Å². The van der Waals surface area contributed by atoms with E-state index in [1.165, 1.54) is 62.0 Å². The molecule has 8 heteroatoms. The molecule has 6 heterocycles. The van der Waals surface area contributed by atoms with Crippen LogP contribution in [0.2, 0.25) is 0 Å². The van der Waals surface area contributed by atoms with E-state index in [4.69, 9.17) is 9.97 Å². The molecule has 11 rings (SSSR count). The van der Waals surface area contributed by atoms with Crippen LogP contribution in [0.25, 0.3) is 0 Å². The number of aromatic nitrogens is 2. The summed E-state index contributed by atoms with van der Waals surface area (Å²) in [5.41, 5.74) is 13.0. The predicted octanol–water partition coefficient (Wildman–Crippen LogP) is 1.01. The summed E-state index contributed by atoms with van der Waals surface area (Å²) in [6.07, 6.45) is 4.03. The summed E-state index contributed by atoms with van der Waals surface area (Å²) in [6.45, 7) is 0.247. The van der Waals surface area contributed by atoms with Crippen LogP contribution in [0.15, 0.2) is 146 Å². The Morgan fingerprint density at radius 3 is 1.65 bits per heavy atom. The van der Waals surface area contributed by atoms with Gasteiger partial charge < -0.3 is 0 Å². The molecule has 0 bridgehead atoms. The van der Waals surface area contributed by atoms with E-state index < -0.39 is 0 Å². The zero-order valence-corrected chi connectivity index (χ0v) is 29.0. The Bertz CT molecular complexity index is 2460. The van der Waals surface area contributed by atoms with Crippen molar-refractivity contribution < 1.29 is 0 Å². The van der Waals surface area contributed by atoms with Crippen LogP contribution in [0.5, 0.6) is 0 Å². The van der Waals surface area contributed by atoms with Crippen LogP contribution in [0, 0.1) is 0 Å². The fourth-order valence-corrected chi connectivity index (χ4v) is 13.0. The first-order valence-corrected chi connectivity index (χ1v) is 19.7. The van der Waals surface area contributed by atoms with Gasteiger partial charge in [0, 0.05) is 0 Å². The Morgan fingerprint density at radius 2 is 0.958 bits per heavy atom. The first-order valence-electron chi connectivity index (χ1n) is 16.2. The number of anilines is 6. The Hall–Kier alpha value is -4.83. The number of rotatable bonds is 2. The SMILES string of the molecule is c1ccc(N2c3ccccc3B3c4cc5c(cc4[Se]c4ccnc2c43)N(c2ccccc2)c2nccc3c2B5c2ccccc2[Se]3)cc1. The van der Waals surface area contributed by atoms with Gasteiger partial charge in [0.15, 0.2) is 0 Å². The maximum absolute atomic E-state index is 5.14. The molecule has 7 aromatic rings.